The van der Waals surface area contributed by atoms with Crippen LogP contribution in [-0.2, 0) is 6.54 Å². The molecule has 4 heteroatoms. The monoisotopic (exact) mass is 200 g/mol. The molecule has 0 spiro atoms. The summed E-state index contributed by atoms with van der Waals surface area (Å²) in [5.74, 6) is 0. The molecule has 0 saturated carbocycles. The first-order valence-corrected chi connectivity index (χ1v) is 4.02. The number of nitriles is 1. The highest BCUT2D eigenvalue weighted by Crippen LogP contribution is 2.24. The van der Waals surface area contributed by atoms with Crippen LogP contribution >= 0.6 is 23.2 Å². The Balaban J connectivity index is 3.28. The maximum absolute atomic E-state index is 8.58. The zero-order valence-corrected chi connectivity index (χ0v) is 7.65. The summed E-state index contributed by atoms with van der Waals surface area (Å²) in [6.45, 7) is 0.324. The smallest absolute Gasteiger partial charge is 0.101 e. The third-order valence-electron chi connectivity index (χ3n) is 1.48. The minimum absolute atomic E-state index is 0.324. The summed E-state index contributed by atoms with van der Waals surface area (Å²) in [6.07, 6.45) is 0. The molecule has 62 valence electrons. The molecular weight excluding hydrogens is 195 g/mol. The molecule has 12 heavy (non-hydrogen) atoms. The molecule has 0 fully saturated rings. The van der Waals surface area contributed by atoms with Crippen molar-refractivity contribution in [1.82, 2.24) is 0 Å². The molecule has 1 aromatic carbocycles. The van der Waals surface area contributed by atoms with Crippen molar-refractivity contribution < 1.29 is 0 Å². The Morgan fingerprint density at radius 1 is 1.33 bits per heavy atom. The first kappa shape index (κ1) is 9.34. The van der Waals surface area contributed by atoms with Gasteiger partial charge in [-0.15, -0.1) is 0 Å². The molecule has 0 heterocycles. The number of halogens is 2. The first-order valence-electron chi connectivity index (χ1n) is 3.27. The summed E-state index contributed by atoms with van der Waals surface area (Å²) < 4.78 is 0. The molecule has 0 amide bonds. The normalized spacial score (nSPS) is 9.50. The maximum Gasteiger partial charge on any atom is 0.101 e. The van der Waals surface area contributed by atoms with Crippen LogP contribution in [0.25, 0.3) is 0 Å². The van der Waals surface area contributed by atoms with E-state index >= 15 is 0 Å². The second-order valence-electron chi connectivity index (χ2n) is 2.24. The number of rotatable bonds is 1. The van der Waals surface area contributed by atoms with Gasteiger partial charge in [-0.3, -0.25) is 0 Å². The molecular formula is C8H6Cl2N2. The molecule has 1 aromatic rings. The standard InChI is InChI=1S/C8H6Cl2N2/c9-7-1-5(3-11)8(10)2-6(7)4-12/h1-2H,3,11H2. The third-order valence-corrected chi connectivity index (χ3v) is 2.14. The van der Waals surface area contributed by atoms with Crippen molar-refractivity contribution in [3.63, 3.8) is 0 Å². The van der Waals surface area contributed by atoms with Gasteiger partial charge in [0.05, 0.1) is 10.6 Å². The summed E-state index contributed by atoms with van der Waals surface area (Å²) in [5, 5.41) is 9.46. The second kappa shape index (κ2) is 3.77. The van der Waals surface area contributed by atoms with Gasteiger partial charge < -0.3 is 5.73 Å². The molecule has 0 aliphatic heterocycles. The molecule has 0 unspecified atom stereocenters. The van der Waals surface area contributed by atoms with Crippen molar-refractivity contribution in [2.45, 2.75) is 6.54 Å². The van der Waals surface area contributed by atoms with E-state index < -0.39 is 0 Å². The van der Waals surface area contributed by atoms with E-state index in [9.17, 15) is 0 Å². The summed E-state index contributed by atoms with van der Waals surface area (Å²) in [4.78, 5) is 0. The fourth-order valence-electron chi connectivity index (χ4n) is 0.830. The van der Waals surface area contributed by atoms with Crippen LogP contribution in [0.2, 0.25) is 10.0 Å². The van der Waals surface area contributed by atoms with E-state index in [2.05, 4.69) is 0 Å². The van der Waals surface area contributed by atoms with Gasteiger partial charge in [0.2, 0.25) is 0 Å². The molecule has 0 aliphatic rings. The van der Waals surface area contributed by atoms with E-state index in [1.165, 1.54) is 6.07 Å². The number of benzene rings is 1. The van der Waals surface area contributed by atoms with Crippen molar-refractivity contribution >= 4 is 23.2 Å². The van der Waals surface area contributed by atoms with Crippen molar-refractivity contribution in [3.8, 4) is 6.07 Å². The van der Waals surface area contributed by atoms with E-state index in [-0.39, 0.29) is 0 Å². The Morgan fingerprint density at radius 2 is 2.00 bits per heavy atom. The summed E-state index contributed by atoms with van der Waals surface area (Å²) in [6, 6.07) is 5.06. The van der Waals surface area contributed by atoms with Crippen LogP contribution in [0.5, 0.6) is 0 Å². The number of hydrogen-bond acceptors (Lipinski definition) is 2. The average molecular weight is 201 g/mol. The molecule has 0 aromatic heterocycles. The predicted octanol–water partition coefficient (Wildman–Crippen LogP) is 2.32. The Bertz CT molecular complexity index is 341. The lowest BCUT2D eigenvalue weighted by atomic mass is 10.1. The molecule has 1 rings (SSSR count). The summed E-state index contributed by atoms with van der Waals surface area (Å²) in [7, 11) is 0. The zero-order chi connectivity index (χ0) is 9.14. The third kappa shape index (κ3) is 1.70. The van der Waals surface area contributed by atoms with Gasteiger partial charge in [-0.1, -0.05) is 23.2 Å². The topological polar surface area (TPSA) is 49.8 Å². The van der Waals surface area contributed by atoms with Crippen LogP contribution in [0.15, 0.2) is 12.1 Å². The lowest BCUT2D eigenvalue weighted by molar-refractivity contribution is 1.07. The van der Waals surface area contributed by atoms with Crippen LogP contribution in [0.3, 0.4) is 0 Å². The molecule has 0 atom stereocenters. The summed E-state index contributed by atoms with van der Waals surface area (Å²) >= 11 is 11.5. The van der Waals surface area contributed by atoms with Crippen molar-refractivity contribution in [3.05, 3.63) is 33.3 Å². The SMILES string of the molecule is N#Cc1cc(Cl)c(CN)cc1Cl. The van der Waals surface area contributed by atoms with Gasteiger partial charge in [0.1, 0.15) is 6.07 Å². The highest BCUT2D eigenvalue weighted by molar-refractivity contribution is 6.34. The Morgan fingerprint density at radius 3 is 2.50 bits per heavy atom. The molecule has 0 saturated heterocycles. The van der Waals surface area contributed by atoms with E-state index in [1.807, 2.05) is 6.07 Å². The number of hydrogen-bond donors (Lipinski definition) is 1. The molecule has 0 aliphatic carbocycles. The molecule has 0 radical (unpaired) electrons. The van der Waals surface area contributed by atoms with Gasteiger partial charge in [0, 0.05) is 11.6 Å². The van der Waals surface area contributed by atoms with Crippen molar-refractivity contribution in [2.75, 3.05) is 0 Å². The van der Waals surface area contributed by atoms with Gasteiger partial charge in [0.25, 0.3) is 0 Å². The lowest BCUT2D eigenvalue weighted by Gasteiger charge is -2.02. The van der Waals surface area contributed by atoms with E-state index in [1.54, 1.807) is 6.07 Å². The quantitative estimate of drug-likeness (QED) is 0.757. The van der Waals surface area contributed by atoms with Gasteiger partial charge in [-0.25, -0.2) is 0 Å². The molecule has 0 bridgehead atoms. The molecule has 2 N–H and O–H groups in total. The van der Waals surface area contributed by atoms with E-state index in [4.69, 9.17) is 34.2 Å². The Labute approximate surface area is 80.5 Å². The van der Waals surface area contributed by atoms with Crippen LogP contribution in [0.4, 0.5) is 0 Å². The van der Waals surface area contributed by atoms with Crippen LogP contribution in [0, 0.1) is 11.3 Å². The summed E-state index contributed by atoms with van der Waals surface area (Å²) in [5.41, 5.74) is 6.51. The zero-order valence-electron chi connectivity index (χ0n) is 6.14. The predicted molar refractivity (Wildman–Crippen MR) is 49.1 cm³/mol. The van der Waals surface area contributed by atoms with Gasteiger partial charge in [-0.05, 0) is 17.7 Å². The second-order valence-corrected chi connectivity index (χ2v) is 3.05. The minimum atomic E-state index is 0.324. The maximum atomic E-state index is 8.58. The van der Waals surface area contributed by atoms with Crippen LogP contribution in [-0.4, -0.2) is 0 Å². The number of nitrogens with two attached hydrogens (primary N) is 1. The van der Waals surface area contributed by atoms with Gasteiger partial charge >= 0.3 is 0 Å². The highest BCUT2D eigenvalue weighted by atomic mass is 35.5. The fraction of sp³-hybridized carbons (Fsp3) is 0.125. The average Bonchev–Trinajstić information content (AvgIpc) is 2.08. The van der Waals surface area contributed by atoms with Crippen LogP contribution < -0.4 is 5.73 Å². The lowest BCUT2D eigenvalue weighted by Crippen LogP contribution is -1.97. The van der Waals surface area contributed by atoms with Crippen LogP contribution in [0.1, 0.15) is 11.1 Å². The van der Waals surface area contributed by atoms with Crippen molar-refractivity contribution in [1.29, 1.82) is 5.26 Å². The van der Waals surface area contributed by atoms with Gasteiger partial charge in [-0.2, -0.15) is 5.26 Å². The first-order chi connectivity index (χ1) is 5.69. The highest BCUT2D eigenvalue weighted by Gasteiger charge is 2.04. The Hall–Kier alpha value is -0.750. The fourth-order valence-corrected chi connectivity index (χ4v) is 1.30. The van der Waals surface area contributed by atoms with Crippen molar-refractivity contribution in [2.24, 2.45) is 5.73 Å². The largest absolute Gasteiger partial charge is 0.326 e. The van der Waals surface area contributed by atoms with Gasteiger partial charge in [0.15, 0.2) is 0 Å². The Kier molecular flexibility index (Phi) is 2.93. The number of nitrogens with zero attached hydrogens (tertiary/aromatic N) is 1. The van der Waals surface area contributed by atoms with E-state index in [0.717, 1.165) is 5.56 Å². The molecule has 2 nitrogen and oxygen atoms in total. The minimum Gasteiger partial charge on any atom is -0.326 e. The van der Waals surface area contributed by atoms with E-state index in [0.29, 0.717) is 22.2 Å².